The molecule has 0 aliphatic rings. The Morgan fingerprint density at radius 1 is 1.35 bits per heavy atom. The normalized spacial score (nSPS) is 10.2. The fourth-order valence-corrected chi connectivity index (χ4v) is 1.38. The maximum absolute atomic E-state index is 11.6. The minimum Gasteiger partial charge on any atom is -0.504 e. The first kappa shape index (κ1) is 13.3. The van der Waals surface area contributed by atoms with E-state index in [2.05, 4.69) is 5.32 Å². The lowest BCUT2D eigenvalue weighted by molar-refractivity contribution is 0.0948. The van der Waals surface area contributed by atoms with Crippen molar-refractivity contribution in [1.82, 2.24) is 5.32 Å². The molecule has 1 aromatic rings. The molecule has 5 heteroatoms. The van der Waals surface area contributed by atoms with Gasteiger partial charge in [0.25, 0.3) is 5.91 Å². The van der Waals surface area contributed by atoms with E-state index < -0.39 is 5.91 Å². The number of hydrogen-bond donors (Lipinski definition) is 3. The molecule has 0 radical (unpaired) electrons. The molecule has 3 N–H and O–H groups in total. The van der Waals surface area contributed by atoms with Gasteiger partial charge in [0.05, 0.1) is 5.56 Å². The van der Waals surface area contributed by atoms with Gasteiger partial charge in [-0.05, 0) is 25.0 Å². The zero-order chi connectivity index (χ0) is 12.7. The van der Waals surface area contributed by atoms with Gasteiger partial charge in [-0.1, -0.05) is 6.07 Å². The van der Waals surface area contributed by atoms with Crippen LogP contribution in [0.3, 0.4) is 0 Å². The number of amides is 1. The highest BCUT2D eigenvalue weighted by Gasteiger charge is 2.12. The Balaban J connectivity index is 2.44. The predicted octanol–water partition coefficient (Wildman–Crippen LogP) is 1.25. The second-order valence-corrected chi connectivity index (χ2v) is 3.63. The molecule has 94 valence electrons. The molecular weight excluding hydrogens is 222 g/mol. The first-order chi connectivity index (χ1) is 8.16. The van der Waals surface area contributed by atoms with E-state index in [1.165, 1.54) is 18.2 Å². The van der Waals surface area contributed by atoms with E-state index in [4.69, 9.17) is 4.74 Å². The third-order valence-corrected chi connectivity index (χ3v) is 2.32. The molecule has 0 fully saturated rings. The Labute approximate surface area is 100 Å². The molecule has 0 bridgehead atoms. The first-order valence-corrected chi connectivity index (χ1v) is 5.45. The minimum atomic E-state index is -0.393. The molecule has 1 amide bonds. The number of rotatable bonds is 6. The van der Waals surface area contributed by atoms with E-state index in [-0.39, 0.29) is 17.1 Å². The van der Waals surface area contributed by atoms with E-state index in [9.17, 15) is 15.0 Å². The number of carbonyl (C=O) groups is 1. The summed E-state index contributed by atoms with van der Waals surface area (Å²) in [6, 6.07) is 4.29. The number of benzene rings is 1. The summed E-state index contributed by atoms with van der Waals surface area (Å²) in [7, 11) is 1.63. The molecule has 0 spiro atoms. The summed E-state index contributed by atoms with van der Waals surface area (Å²) in [4.78, 5) is 11.6. The van der Waals surface area contributed by atoms with Gasteiger partial charge < -0.3 is 20.3 Å². The molecule has 17 heavy (non-hydrogen) atoms. The van der Waals surface area contributed by atoms with Crippen LogP contribution < -0.4 is 5.32 Å². The van der Waals surface area contributed by atoms with Gasteiger partial charge in [0.2, 0.25) is 0 Å². The Hall–Kier alpha value is -1.75. The van der Waals surface area contributed by atoms with Crippen LogP contribution in [-0.2, 0) is 4.74 Å². The van der Waals surface area contributed by atoms with Gasteiger partial charge >= 0.3 is 0 Å². The number of aromatic hydroxyl groups is 2. The summed E-state index contributed by atoms with van der Waals surface area (Å²) < 4.78 is 4.88. The number of hydrogen-bond acceptors (Lipinski definition) is 4. The molecule has 1 aromatic carbocycles. The van der Waals surface area contributed by atoms with Crippen molar-refractivity contribution in [2.24, 2.45) is 0 Å². The van der Waals surface area contributed by atoms with Crippen molar-refractivity contribution in [2.45, 2.75) is 12.8 Å². The Kier molecular flexibility index (Phi) is 5.29. The van der Waals surface area contributed by atoms with Crippen molar-refractivity contribution >= 4 is 5.91 Å². The minimum absolute atomic E-state index is 0.0803. The van der Waals surface area contributed by atoms with Crippen LogP contribution in [-0.4, -0.2) is 36.4 Å². The van der Waals surface area contributed by atoms with E-state index in [0.717, 1.165) is 12.8 Å². The maximum atomic E-state index is 11.6. The van der Waals surface area contributed by atoms with E-state index in [1.807, 2.05) is 0 Å². The molecule has 5 nitrogen and oxygen atoms in total. The molecule has 0 saturated carbocycles. The average molecular weight is 239 g/mol. The summed E-state index contributed by atoms with van der Waals surface area (Å²) in [6.45, 7) is 1.17. The summed E-state index contributed by atoms with van der Waals surface area (Å²) in [5.74, 6) is -1.07. The number of ether oxygens (including phenoxy) is 1. The van der Waals surface area contributed by atoms with Crippen LogP contribution in [0.5, 0.6) is 11.5 Å². The third kappa shape index (κ3) is 3.96. The van der Waals surface area contributed by atoms with Crippen molar-refractivity contribution < 1.29 is 19.7 Å². The highest BCUT2D eigenvalue weighted by molar-refractivity contribution is 5.97. The van der Waals surface area contributed by atoms with Crippen LogP contribution in [0.1, 0.15) is 23.2 Å². The van der Waals surface area contributed by atoms with Gasteiger partial charge in [-0.15, -0.1) is 0 Å². The van der Waals surface area contributed by atoms with Crippen molar-refractivity contribution in [3.05, 3.63) is 23.8 Å². The number of carbonyl (C=O) groups excluding carboxylic acids is 1. The SMILES string of the molecule is COCCCCNC(=O)c1cccc(O)c1O. The van der Waals surface area contributed by atoms with Gasteiger partial charge in [-0.2, -0.15) is 0 Å². The van der Waals surface area contributed by atoms with Crippen LogP contribution in [0.4, 0.5) is 0 Å². The Morgan fingerprint density at radius 3 is 2.82 bits per heavy atom. The van der Waals surface area contributed by atoms with Gasteiger partial charge in [0, 0.05) is 20.3 Å². The molecule has 0 aliphatic heterocycles. The topological polar surface area (TPSA) is 78.8 Å². The van der Waals surface area contributed by atoms with Gasteiger partial charge in [-0.25, -0.2) is 0 Å². The van der Waals surface area contributed by atoms with Crippen LogP contribution in [0, 0.1) is 0 Å². The van der Waals surface area contributed by atoms with Crippen LogP contribution in [0.15, 0.2) is 18.2 Å². The van der Waals surface area contributed by atoms with Gasteiger partial charge in [0.1, 0.15) is 0 Å². The third-order valence-electron chi connectivity index (χ3n) is 2.32. The van der Waals surface area contributed by atoms with Crippen molar-refractivity contribution in [3.8, 4) is 11.5 Å². The molecule has 0 aromatic heterocycles. The molecule has 0 atom stereocenters. The fourth-order valence-electron chi connectivity index (χ4n) is 1.38. The first-order valence-electron chi connectivity index (χ1n) is 5.45. The van der Waals surface area contributed by atoms with Crippen LogP contribution in [0.2, 0.25) is 0 Å². The number of phenolic OH excluding ortho intramolecular Hbond substituents is 2. The molecule has 0 aliphatic carbocycles. The lowest BCUT2D eigenvalue weighted by Gasteiger charge is -2.07. The number of para-hydroxylation sites is 1. The smallest absolute Gasteiger partial charge is 0.255 e. The number of nitrogens with one attached hydrogen (secondary N) is 1. The van der Waals surface area contributed by atoms with Gasteiger partial charge in [0.15, 0.2) is 11.5 Å². The van der Waals surface area contributed by atoms with Crippen molar-refractivity contribution in [1.29, 1.82) is 0 Å². The summed E-state index contributed by atoms with van der Waals surface area (Å²) in [5, 5.41) is 21.4. The largest absolute Gasteiger partial charge is 0.504 e. The van der Waals surface area contributed by atoms with Gasteiger partial charge in [-0.3, -0.25) is 4.79 Å². The Morgan fingerprint density at radius 2 is 2.12 bits per heavy atom. The molecule has 0 saturated heterocycles. The number of methoxy groups -OCH3 is 1. The Bertz CT molecular complexity index is 379. The van der Waals surface area contributed by atoms with Crippen LogP contribution in [0.25, 0.3) is 0 Å². The number of phenols is 2. The monoisotopic (exact) mass is 239 g/mol. The summed E-state index contributed by atoms with van der Waals surface area (Å²) >= 11 is 0. The molecule has 0 heterocycles. The van der Waals surface area contributed by atoms with Crippen molar-refractivity contribution in [3.63, 3.8) is 0 Å². The second-order valence-electron chi connectivity index (χ2n) is 3.63. The quantitative estimate of drug-likeness (QED) is 0.515. The fraction of sp³-hybridized carbons (Fsp3) is 0.417. The predicted molar refractivity (Wildman–Crippen MR) is 63.2 cm³/mol. The van der Waals surface area contributed by atoms with E-state index in [0.29, 0.717) is 13.2 Å². The standard InChI is InChI=1S/C12H17NO4/c1-17-8-3-2-7-13-12(16)9-5-4-6-10(14)11(9)15/h4-6,14-15H,2-3,7-8H2,1H3,(H,13,16). The van der Waals surface area contributed by atoms with Crippen molar-refractivity contribution in [2.75, 3.05) is 20.3 Å². The number of unbranched alkanes of at least 4 members (excludes halogenated alkanes) is 1. The van der Waals surface area contributed by atoms with E-state index in [1.54, 1.807) is 7.11 Å². The van der Waals surface area contributed by atoms with Crippen LogP contribution >= 0.6 is 0 Å². The summed E-state index contributed by atoms with van der Waals surface area (Å²) in [6.07, 6.45) is 1.67. The molecule has 1 rings (SSSR count). The maximum Gasteiger partial charge on any atom is 0.255 e. The lowest BCUT2D eigenvalue weighted by atomic mass is 10.1. The summed E-state index contributed by atoms with van der Waals surface area (Å²) in [5.41, 5.74) is 0.0803. The van der Waals surface area contributed by atoms with E-state index >= 15 is 0 Å². The average Bonchev–Trinajstić information content (AvgIpc) is 2.32. The highest BCUT2D eigenvalue weighted by Crippen LogP contribution is 2.27. The zero-order valence-corrected chi connectivity index (χ0v) is 9.77. The molecule has 0 unspecified atom stereocenters. The highest BCUT2D eigenvalue weighted by atomic mass is 16.5. The second kappa shape index (κ2) is 6.75. The molecular formula is C12H17NO4. The lowest BCUT2D eigenvalue weighted by Crippen LogP contribution is -2.24. The zero-order valence-electron chi connectivity index (χ0n) is 9.77.